The average Bonchev–Trinajstić information content (AvgIpc) is 2.80. The summed E-state index contributed by atoms with van der Waals surface area (Å²) in [6.45, 7) is 3.14. The minimum Gasteiger partial charge on any atom is -0.355 e. The molecule has 6 nitrogen and oxygen atoms in total. The summed E-state index contributed by atoms with van der Waals surface area (Å²) in [5.41, 5.74) is 3.77. The van der Waals surface area contributed by atoms with E-state index in [1.807, 2.05) is 66.9 Å². The SMILES string of the molecule is CCS(=O)(=O)NC1CCN(c2cnc(-c3ccccc3)c(-c3ccccc3)n2)CC1. The first kappa shape index (κ1) is 20.5. The maximum atomic E-state index is 11.8. The number of aromatic nitrogens is 2. The molecule has 1 saturated heterocycles. The van der Waals surface area contributed by atoms with Crippen LogP contribution in [0.2, 0.25) is 0 Å². The van der Waals surface area contributed by atoms with Gasteiger partial charge in [0.2, 0.25) is 10.0 Å². The fourth-order valence-corrected chi connectivity index (χ4v) is 4.61. The minimum atomic E-state index is -3.18. The number of nitrogens with one attached hydrogen (secondary N) is 1. The predicted octanol–water partition coefficient (Wildman–Crippen LogP) is 3.72. The lowest BCUT2D eigenvalue weighted by atomic mass is 10.0. The van der Waals surface area contributed by atoms with Gasteiger partial charge in [-0.05, 0) is 19.8 Å². The maximum Gasteiger partial charge on any atom is 0.211 e. The van der Waals surface area contributed by atoms with Crippen LogP contribution in [-0.4, -0.2) is 43.3 Å². The van der Waals surface area contributed by atoms with Gasteiger partial charge < -0.3 is 4.90 Å². The molecule has 0 unspecified atom stereocenters. The molecule has 0 radical (unpaired) electrons. The Bertz CT molecular complexity index is 1080. The number of hydrogen-bond donors (Lipinski definition) is 1. The van der Waals surface area contributed by atoms with Crippen molar-refractivity contribution >= 4 is 15.8 Å². The van der Waals surface area contributed by atoms with Crippen molar-refractivity contribution in [3.05, 3.63) is 66.9 Å². The van der Waals surface area contributed by atoms with Crippen molar-refractivity contribution in [2.24, 2.45) is 0 Å². The second-order valence-electron chi connectivity index (χ2n) is 7.44. The topological polar surface area (TPSA) is 75.2 Å². The summed E-state index contributed by atoms with van der Waals surface area (Å²) in [4.78, 5) is 11.9. The highest BCUT2D eigenvalue weighted by molar-refractivity contribution is 7.89. The number of anilines is 1. The summed E-state index contributed by atoms with van der Waals surface area (Å²) in [5, 5.41) is 0. The molecule has 2 heterocycles. The van der Waals surface area contributed by atoms with Crippen molar-refractivity contribution in [3.63, 3.8) is 0 Å². The van der Waals surface area contributed by atoms with E-state index in [1.165, 1.54) is 0 Å². The average molecular weight is 423 g/mol. The molecule has 0 aliphatic carbocycles. The monoisotopic (exact) mass is 422 g/mol. The second-order valence-corrected chi connectivity index (χ2v) is 9.48. The summed E-state index contributed by atoms with van der Waals surface area (Å²) in [6, 6.07) is 20.2. The lowest BCUT2D eigenvalue weighted by Crippen LogP contribution is -2.45. The highest BCUT2D eigenvalue weighted by Crippen LogP contribution is 2.31. The number of benzene rings is 2. The Morgan fingerprint density at radius 2 is 1.50 bits per heavy atom. The van der Waals surface area contributed by atoms with Crippen LogP contribution in [-0.2, 0) is 10.0 Å². The predicted molar refractivity (Wildman–Crippen MR) is 121 cm³/mol. The van der Waals surface area contributed by atoms with Gasteiger partial charge in [0, 0.05) is 30.3 Å². The largest absolute Gasteiger partial charge is 0.355 e. The van der Waals surface area contributed by atoms with E-state index in [2.05, 4.69) is 9.62 Å². The Morgan fingerprint density at radius 1 is 0.933 bits per heavy atom. The molecule has 4 rings (SSSR count). The standard InChI is InChI=1S/C23H26N4O2S/c1-2-30(28,29)26-20-13-15-27(16-14-20)21-17-24-22(18-9-5-3-6-10-18)23(25-21)19-11-7-4-8-12-19/h3-12,17,20,26H,2,13-16H2,1H3. The van der Waals surface area contributed by atoms with Crippen LogP contribution in [0.3, 0.4) is 0 Å². The van der Waals surface area contributed by atoms with Gasteiger partial charge in [0.25, 0.3) is 0 Å². The van der Waals surface area contributed by atoms with E-state index < -0.39 is 10.0 Å². The zero-order valence-corrected chi connectivity index (χ0v) is 17.8. The van der Waals surface area contributed by atoms with Gasteiger partial charge in [-0.3, -0.25) is 4.98 Å². The Labute approximate surface area is 178 Å². The van der Waals surface area contributed by atoms with E-state index in [1.54, 1.807) is 6.92 Å². The van der Waals surface area contributed by atoms with Gasteiger partial charge in [0.1, 0.15) is 5.82 Å². The van der Waals surface area contributed by atoms with Crippen molar-refractivity contribution in [1.29, 1.82) is 0 Å². The number of nitrogens with zero attached hydrogens (tertiary/aromatic N) is 3. The molecule has 2 aromatic carbocycles. The zero-order valence-electron chi connectivity index (χ0n) is 17.0. The van der Waals surface area contributed by atoms with Crippen LogP contribution in [0.5, 0.6) is 0 Å². The molecule has 1 aromatic heterocycles. The van der Waals surface area contributed by atoms with Gasteiger partial charge >= 0.3 is 0 Å². The highest BCUT2D eigenvalue weighted by Gasteiger charge is 2.24. The molecular weight excluding hydrogens is 396 g/mol. The molecule has 30 heavy (non-hydrogen) atoms. The zero-order chi connectivity index (χ0) is 21.0. The van der Waals surface area contributed by atoms with E-state index in [-0.39, 0.29) is 11.8 Å². The summed E-state index contributed by atoms with van der Waals surface area (Å²) < 4.78 is 26.5. The Kier molecular flexibility index (Phi) is 6.11. The summed E-state index contributed by atoms with van der Waals surface area (Å²) in [6.07, 6.45) is 3.33. The maximum absolute atomic E-state index is 11.8. The lowest BCUT2D eigenvalue weighted by molar-refractivity contribution is 0.458. The van der Waals surface area contributed by atoms with Gasteiger partial charge in [0.05, 0.1) is 23.3 Å². The van der Waals surface area contributed by atoms with Crippen molar-refractivity contribution < 1.29 is 8.42 Å². The number of rotatable bonds is 6. The molecule has 0 spiro atoms. The lowest BCUT2D eigenvalue weighted by Gasteiger charge is -2.33. The van der Waals surface area contributed by atoms with Gasteiger partial charge in [-0.25, -0.2) is 18.1 Å². The fraction of sp³-hybridized carbons (Fsp3) is 0.304. The highest BCUT2D eigenvalue weighted by atomic mass is 32.2. The number of hydrogen-bond acceptors (Lipinski definition) is 5. The molecule has 0 atom stereocenters. The van der Waals surface area contributed by atoms with E-state index >= 15 is 0 Å². The first-order valence-corrected chi connectivity index (χ1v) is 11.9. The third kappa shape index (κ3) is 4.68. The van der Waals surface area contributed by atoms with Crippen LogP contribution in [0.4, 0.5) is 5.82 Å². The van der Waals surface area contributed by atoms with Crippen LogP contribution in [0.15, 0.2) is 66.9 Å². The first-order chi connectivity index (χ1) is 14.6. The normalized spacial score (nSPS) is 15.3. The Balaban J connectivity index is 1.60. The van der Waals surface area contributed by atoms with Crippen molar-refractivity contribution in [2.45, 2.75) is 25.8 Å². The number of piperidine rings is 1. The molecular formula is C23H26N4O2S. The molecule has 0 bridgehead atoms. The van der Waals surface area contributed by atoms with Gasteiger partial charge in [-0.15, -0.1) is 0 Å². The summed E-state index contributed by atoms with van der Waals surface area (Å²) in [7, 11) is -3.18. The smallest absolute Gasteiger partial charge is 0.211 e. The third-order valence-corrected chi connectivity index (χ3v) is 6.85. The van der Waals surface area contributed by atoms with Crippen LogP contribution in [0.1, 0.15) is 19.8 Å². The summed E-state index contributed by atoms with van der Waals surface area (Å²) in [5.74, 6) is 0.936. The molecule has 1 fully saturated rings. The van der Waals surface area contributed by atoms with Gasteiger partial charge in [0.15, 0.2) is 0 Å². The minimum absolute atomic E-state index is 0.0173. The third-order valence-electron chi connectivity index (χ3n) is 5.40. The van der Waals surface area contributed by atoms with Crippen LogP contribution in [0, 0.1) is 0 Å². The quantitative estimate of drug-likeness (QED) is 0.655. The van der Waals surface area contributed by atoms with Gasteiger partial charge in [-0.1, -0.05) is 60.7 Å². The molecule has 7 heteroatoms. The molecule has 156 valence electrons. The molecule has 3 aromatic rings. The fourth-order valence-electron chi connectivity index (χ4n) is 3.70. The number of sulfonamides is 1. The Hall–Kier alpha value is -2.77. The van der Waals surface area contributed by atoms with E-state index in [9.17, 15) is 8.42 Å². The molecule has 1 aliphatic rings. The van der Waals surface area contributed by atoms with E-state index in [0.29, 0.717) is 0 Å². The van der Waals surface area contributed by atoms with Crippen molar-refractivity contribution in [1.82, 2.24) is 14.7 Å². The van der Waals surface area contributed by atoms with Crippen LogP contribution in [0.25, 0.3) is 22.5 Å². The summed E-state index contributed by atoms with van der Waals surface area (Å²) >= 11 is 0. The molecule has 0 saturated carbocycles. The van der Waals surface area contributed by atoms with Crippen molar-refractivity contribution in [3.8, 4) is 22.5 Å². The second kappa shape index (κ2) is 8.93. The first-order valence-electron chi connectivity index (χ1n) is 10.3. The van der Waals surface area contributed by atoms with Gasteiger partial charge in [-0.2, -0.15) is 0 Å². The van der Waals surface area contributed by atoms with E-state index in [0.717, 1.165) is 54.3 Å². The molecule has 1 aliphatic heterocycles. The molecule has 1 N–H and O–H groups in total. The van der Waals surface area contributed by atoms with Crippen LogP contribution >= 0.6 is 0 Å². The van der Waals surface area contributed by atoms with Crippen molar-refractivity contribution in [2.75, 3.05) is 23.7 Å². The molecule has 0 amide bonds. The van der Waals surface area contributed by atoms with Crippen LogP contribution < -0.4 is 9.62 Å². The van der Waals surface area contributed by atoms with E-state index in [4.69, 9.17) is 9.97 Å². The Morgan fingerprint density at radius 3 is 2.07 bits per heavy atom.